The van der Waals surface area contributed by atoms with E-state index in [1.165, 1.54) is 11.3 Å². The molecule has 0 saturated heterocycles. The van der Waals surface area contributed by atoms with Crippen molar-refractivity contribution < 1.29 is 14.4 Å². The maximum atomic E-state index is 10.4. The number of carboxylic acids is 1. The average Bonchev–Trinajstić information content (AvgIpc) is 2.70. The number of hydrogen-bond acceptors (Lipinski definition) is 5. The predicted octanol–water partition coefficient (Wildman–Crippen LogP) is 2.15. The van der Waals surface area contributed by atoms with E-state index in [4.69, 9.17) is 21.2 Å². The van der Waals surface area contributed by atoms with Crippen LogP contribution in [0, 0.1) is 0 Å². The molecule has 0 bridgehead atoms. The van der Waals surface area contributed by atoms with Crippen LogP contribution in [0.25, 0.3) is 10.8 Å². The van der Waals surface area contributed by atoms with Gasteiger partial charge in [-0.3, -0.25) is 0 Å². The van der Waals surface area contributed by atoms with Crippen LogP contribution in [-0.4, -0.2) is 21.2 Å². The summed E-state index contributed by atoms with van der Waals surface area (Å²) < 4.78 is 5.31. The molecule has 0 aromatic carbocycles. The summed E-state index contributed by atoms with van der Waals surface area (Å²) in [5.41, 5.74) is 0. The third-order valence-electron chi connectivity index (χ3n) is 1.40. The molecule has 1 N–H and O–H groups in total. The summed E-state index contributed by atoms with van der Waals surface area (Å²) in [4.78, 5) is 14.8. The van der Waals surface area contributed by atoms with Crippen LogP contribution in [0.3, 0.4) is 0 Å². The van der Waals surface area contributed by atoms with E-state index in [1.807, 2.05) is 0 Å². The Morgan fingerprint density at radius 1 is 1.57 bits per heavy atom. The Morgan fingerprint density at radius 3 is 2.86 bits per heavy atom. The van der Waals surface area contributed by atoms with Crippen molar-refractivity contribution in [3.05, 3.63) is 22.3 Å². The van der Waals surface area contributed by atoms with Gasteiger partial charge in [0.2, 0.25) is 0 Å². The zero-order valence-corrected chi connectivity index (χ0v) is 8.17. The molecule has 2 aromatic rings. The molecule has 0 amide bonds. The van der Waals surface area contributed by atoms with Crippen LogP contribution in [0.4, 0.5) is 0 Å². The van der Waals surface area contributed by atoms with Crippen molar-refractivity contribution >= 4 is 28.9 Å². The molecule has 0 aliphatic carbocycles. The standard InChI is InChI=1S/C7H3ClN2O3S/c8-4-2-1-3(14-4)6-9-5(7(11)12)10-13-6/h1-2H,(H,11,12). The Hall–Kier alpha value is -1.40. The van der Waals surface area contributed by atoms with Gasteiger partial charge in [-0.05, 0) is 17.3 Å². The normalized spacial score (nSPS) is 10.4. The summed E-state index contributed by atoms with van der Waals surface area (Å²) >= 11 is 6.93. The molecular weight excluding hydrogens is 228 g/mol. The molecule has 2 rings (SSSR count). The monoisotopic (exact) mass is 230 g/mol. The van der Waals surface area contributed by atoms with E-state index in [-0.39, 0.29) is 11.7 Å². The van der Waals surface area contributed by atoms with Crippen LogP contribution in [0.15, 0.2) is 16.7 Å². The molecule has 2 heterocycles. The van der Waals surface area contributed by atoms with Gasteiger partial charge in [-0.1, -0.05) is 11.6 Å². The van der Waals surface area contributed by atoms with Crippen LogP contribution in [-0.2, 0) is 0 Å². The highest BCUT2D eigenvalue weighted by Crippen LogP contribution is 2.29. The number of carbonyl (C=O) groups is 1. The fourth-order valence-electron chi connectivity index (χ4n) is 0.840. The molecule has 0 atom stereocenters. The van der Waals surface area contributed by atoms with Gasteiger partial charge in [-0.15, -0.1) is 11.3 Å². The molecule has 14 heavy (non-hydrogen) atoms. The minimum absolute atomic E-state index is 0.166. The lowest BCUT2D eigenvalue weighted by Gasteiger charge is -1.82. The smallest absolute Gasteiger partial charge is 0.377 e. The summed E-state index contributed by atoms with van der Waals surface area (Å²) in [6, 6.07) is 3.36. The largest absolute Gasteiger partial charge is 0.475 e. The number of halogens is 1. The third kappa shape index (κ3) is 1.61. The van der Waals surface area contributed by atoms with Crippen LogP contribution < -0.4 is 0 Å². The van der Waals surface area contributed by atoms with Crippen molar-refractivity contribution in [3.8, 4) is 10.8 Å². The Bertz CT molecular complexity index is 479. The van der Waals surface area contributed by atoms with Gasteiger partial charge in [0.25, 0.3) is 11.7 Å². The second kappa shape index (κ2) is 3.39. The lowest BCUT2D eigenvalue weighted by Crippen LogP contribution is -1.97. The van der Waals surface area contributed by atoms with Gasteiger partial charge < -0.3 is 9.63 Å². The topological polar surface area (TPSA) is 76.2 Å². The zero-order chi connectivity index (χ0) is 10.1. The molecule has 0 saturated carbocycles. The first kappa shape index (κ1) is 9.17. The second-order valence-corrected chi connectivity index (χ2v) is 4.05. The van der Waals surface area contributed by atoms with Crippen LogP contribution >= 0.6 is 22.9 Å². The van der Waals surface area contributed by atoms with Crippen molar-refractivity contribution in [1.82, 2.24) is 10.1 Å². The first-order valence-electron chi connectivity index (χ1n) is 3.49. The summed E-state index contributed by atoms with van der Waals surface area (Å²) in [6.07, 6.45) is 0. The van der Waals surface area contributed by atoms with Gasteiger partial charge in [0.05, 0.1) is 9.21 Å². The predicted molar refractivity (Wildman–Crippen MR) is 49.6 cm³/mol. The fourth-order valence-corrected chi connectivity index (χ4v) is 1.80. The number of carboxylic acid groups (broad SMARTS) is 1. The Labute approximate surface area is 86.9 Å². The van der Waals surface area contributed by atoms with Gasteiger partial charge in [0.15, 0.2) is 0 Å². The van der Waals surface area contributed by atoms with E-state index < -0.39 is 5.97 Å². The Morgan fingerprint density at radius 2 is 2.36 bits per heavy atom. The molecule has 2 aromatic heterocycles. The molecule has 7 heteroatoms. The first-order chi connectivity index (χ1) is 6.66. The van der Waals surface area contributed by atoms with Gasteiger partial charge in [-0.25, -0.2) is 4.79 Å². The molecule has 5 nitrogen and oxygen atoms in total. The number of rotatable bonds is 2. The average molecular weight is 231 g/mol. The molecule has 72 valence electrons. The maximum absolute atomic E-state index is 10.4. The van der Waals surface area contributed by atoms with E-state index in [0.717, 1.165) is 0 Å². The molecule has 0 unspecified atom stereocenters. The first-order valence-corrected chi connectivity index (χ1v) is 4.69. The van der Waals surface area contributed by atoms with Crippen molar-refractivity contribution in [2.75, 3.05) is 0 Å². The van der Waals surface area contributed by atoms with Crippen molar-refractivity contribution in [2.24, 2.45) is 0 Å². The van der Waals surface area contributed by atoms with E-state index in [1.54, 1.807) is 12.1 Å². The van der Waals surface area contributed by atoms with Gasteiger partial charge in [0.1, 0.15) is 0 Å². The maximum Gasteiger partial charge on any atom is 0.377 e. The molecule has 0 spiro atoms. The van der Waals surface area contributed by atoms with Crippen LogP contribution in [0.5, 0.6) is 0 Å². The molecule has 0 aliphatic heterocycles. The number of aromatic carboxylic acids is 1. The quantitative estimate of drug-likeness (QED) is 0.855. The van der Waals surface area contributed by atoms with Crippen molar-refractivity contribution in [3.63, 3.8) is 0 Å². The zero-order valence-electron chi connectivity index (χ0n) is 6.60. The molecular formula is C7H3ClN2O3S. The second-order valence-electron chi connectivity index (χ2n) is 2.33. The summed E-state index contributed by atoms with van der Waals surface area (Å²) in [5.74, 6) is -1.41. The van der Waals surface area contributed by atoms with Crippen molar-refractivity contribution in [2.45, 2.75) is 0 Å². The number of nitrogens with zero attached hydrogens (tertiary/aromatic N) is 2. The lowest BCUT2D eigenvalue weighted by molar-refractivity contribution is 0.0680. The third-order valence-corrected chi connectivity index (χ3v) is 2.62. The van der Waals surface area contributed by atoms with E-state index in [9.17, 15) is 4.79 Å². The minimum atomic E-state index is -1.22. The summed E-state index contributed by atoms with van der Waals surface area (Å²) in [6.45, 7) is 0. The molecule has 0 aliphatic rings. The molecule has 0 fully saturated rings. The van der Waals surface area contributed by atoms with Crippen molar-refractivity contribution in [1.29, 1.82) is 0 Å². The van der Waals surface area contributed by atoms with Gasteiger partial charge >= 0.3 is 5.97 Å². The summed E-state index contributed by atoms with van der Waals surface area (Å²) in [7, 11) is 0. The van der Waals surface area contributed by atoms with Crippen LogP contribution in [0.1, 0.15) is 10.6 Å². The lowest BCUT2D eigenvalue weighted by atomic mass is 10.5. The number of hydrogen-bond donors (Lipinski definition) is 1. The van der Waals surface area contributed by atoms with Gasteiger partial charge in [0, 0.05) is 0 Å². The Kier molecular flexibility index (Phi) is 2.22. The number of thiophene rings is 1. The minimum Gasteiger partial charge on any atom is -0.475 e. The van der Waals surface area contributed by atoms with E-state index >= 15 is 0 Å². The van der Waals surface area contributed by atoms with Crippen LogP contribution in [0.2, 0.25) is 4.34 Å². The molecule has 0 radical (unpaired) electrons. The number of aromatic nitrogens is 2. The highest BCUT2D eigenvalue weighted by atomic mass is 35.5. The fraction of sp³-hybridized carbons (Fsp3) is 0. The van der Waals surface area contributed by atoms with E-state index in [2.05, 4.69) is 10.1 Å². The summed E-state index contributed by atoms with van der Waals surface area (Å²) in [5, 5.41) is 11.8. The van der Waals surface area contributed by atoms with Gasteiger partial charge in [-0.2, -0.15) is 4.98 Å². The van der Waals surface area contributed by atoms with E-state index in [0.29, 0.717) is 9.21 Å². The Balaban J connectivity index is 2.38. The highest BCUT2D eigenvalue weighted by molar-refractivity contribution is 7.19. The highest BCUT2D eigenvalue weighted by Gasteiger charge is 2.15. The SMILES string of the molecule is O=C(O)c1noc(-c2ccc(Cl)s2)n1.